The minimum atomic E-state index is -0.238. The van der Waals surface area contributed by atoms with E-state index < -0.39 is 0 Å². The number of nitrogens with one attached hydrogen (secondary N) is 2. The summed E-state index contributed by atoms with van der Waals surface area (Å²) in [6.45, 7) is 1.88. The Balaban J connectivity index is 1.73. The Bertz CT molecular complexity index is 628. The molecular weight excluding hydrogens is 402 g/mol. The van der Waals surface area contributed by atoms with Gasteiger partial charge < -0.3 is 20.3 Å². The second-order valence-corrected chi connectivity index (χ2v) is 7.05. The van der Waals surface area contributed by atoms with Crippen molar-refractivity contribution < 1.29 is 19.1 Å². The smallest absolute Gasteiger partial charge is 0.253 e. The molecule has 0 atom stereocenters. The number of piperidine rings is 1. The van der Waals surface area contributed by atoms with Crippen molar-refractivity contribution in [2.75, 3.05) is 39.9 Å². The van der Waals surface area contributed by atoms with E-state index in [9.17, 15) is 14.4 Å². The Hall–Kier alpha value is -1.93. The van der Waals surface area contributed by atoms with Crippen molar-refractivity contribution >= 4 is 33.7 Å². The van der Waals surface area contributed by atoms with Gasteiger partial charge in [-0.05, 0) is 37.1 Å². The van der Waals surface area contributed by atoms with Gasteiger partial charge in [0.15, 0.2) is 0 Å². The highest BCUT2D eigenvalue weighted by atomic mass is 79.9. The maximum Gasteiger partial charge on any atom is 0.253 e. The van der Waals surface area contributed by atoms with Gasteiger partial charge in [0, 0.05) is 42.7 Å². The van der Waals surface area contributed by atoms with E-state index in [0.717, 1.165) is 4.47 Å². The van der Waals surface area contributed by atoms with Gasteiger partial charge in [0.05, 0.1) is 13.2 Å². The predicted molar refractivity (Wildman–Crippen MR) is 101 cm³/mol. The second-order valence-electron chi connectivity index (χ2n) is 6.13. The fourth-order valence-electron chi connectivity index (χ4n) is 2.79. The predicted octanol–water partition coefficient (Wildman–Crippen LogP) is 1.18. The van der Waals surface area contributed by atoms with Crippen LogP contribution in [0.15, 0.2) is 28.7 Å². The van der Waals surface area contributed by atoms with Crippen LogP contribution in [-0.4, -0.2) is 62.5 Å². The van der Waals surface area contributed by atoms with E-state index in [-0.39, 0.29) is 30.2 Å². The molecule has 0 bridgehead atoms. The van der Waals surface area contributed by atoms with Crippen LogP contribution in [-0.2, 0) is 14.3 Å². The highest BCUT2D eigenvalue weighted by Gasteiger charge is 2.27. The van der Waals surface area contributed by atoms with Crippen molar-refractivity contribution in [1.82, 2.24) is 15.5 Å². The number of hydrogen-bond acceptors (Lipinski definition) is 4. The first-order valence-corrected chi connectivity index (χ1v) is 9.38. The van der Waals surface area contributed by atoms with Crippen LogP contribution in [0.1, 0.15) is 23.2 Å². The number of likely N-dealkylation sites (tertiary alicyclic amines) is 1. The molecule has 8 heteroatoms. The molecule has 2 N–H and O–H groups in total. The standard InChI is InChI=1S/C18H24BrN3O4/c1-26-11-8-20-16(23)12-21-17(24)13-6-9-22(10-7-13)18(25)14-2-4-15(19)5-3-14/h2-5,13H,6-12H2,1H3,(H,20,23)(H,21,24). The summed E-state index contributed by atoms with van der Waals surface area (Å²) in [5.74, 6) is -0.564. The van der Waals surface area contributed by atoms with Gasteiger partial charge in [0.1, 0.15) is 0 Å². The van der Waals surface area contributed by atoms with Gasteiger partial charge in [0.2, 0.25) is 11.8 Å². The molecule has 1 aliphatic rings. The van der Waals surface area contributed by atoms with Gasteiger partial charge >= 0.3 is 0 Å². The van der Waals surface area contributed by atoms with Crippen molar-refractivity contribution in [3.8, 4) is 0 Å². The Morgan fingerprint density at radius 3 is 2.42 bits per heavy atom. The number of carbonyl (C=O) groups excluding carboxylic acids is 3. The molecule has 0 radical (unpaired) electrons. The molecule has 0 aliphatic carbocycles. The summed E-state index contributed by atoms with van der Waals surface area (Å²) < 4.78 is 5.77. The number of benzene rings is 1. The van der Waals surface area contributed by atoms with E-state index in [1.807, 2.05) is 12.1 Å². The third kappa shape index (κ3) is 6.10. The van der Waals surface area contributed by atoms with Crippen molar-refractivity contribution in [2.24, 2.45) is 5.92 Å². The molecule has 1 heterocycles. The molecule has 0 spiro atoms. The fourth-order valence-corrected chi connectivity index (χ4v) is 3.05. The Morgan fingerprint density at radius 2 is 1.81 bits per heavy atom. The zero-order valence-corrected chi connectivity index (χ0v) is 16.4. The highest BCUT2D eigenvalue weighted by Crippen LogP contribution is 2.20. The summed E-state index contributed by atoms with van der Waals surface area (Å²) in [5.41, 5.74) is 0.642. The number of amides is 3. The molecule has 26 heavy (non-hydrogen) atoms. The number of nitrogens with zero attached hydrogens (tertiary/aromatic N) is 1. The molecule has 3 amide bonds. The van der Waals surface area contributed by atoms with Gasteiger partial charge in [-0.1, -0.05) is 15.9 Å². The van der Waals surface area contributed by atoms with Crippen molar-refractivity contribution in [3.63, 3.8) is 0 Å². The largest absolute Gasteiger partial charge is 0.383 e. The molecule has 0 unspecified atom stereocenters. The first-order valence-electron chi connectivity index (χ1n) is 8.59. The molecule has 1 aliphatic heterocycles. The molecule has 0 saturated carbocycles. The fraction of sp³-hybridized carbons (Fsp3) is 0.500. The minimum Gasteiger partial charge on any atom is -0.383 e. The van der Waals surface area contributed by atoms with Crippen LogP contribution in [0.3, 0.4) is 0 Å². The summed E-state index contributed by atoms with van der Waals surface area (Å²) in [6.07, 6.45) is 1.19. The molecule has 1 fully saturated rings. The molecule has 1 aromatic rings. The van der Waals surface area contributed by atoms with Crippen molar-refractivity contribution in [2.45, 2.75) is 12.8 Å². The van der Waals surface area contributed by atoms with Gasteiger partial charge in [-0.2, -0.15) is 0 Å². The third-order valence-electron chi connectivity index (χ3n) is 4.30. The number of halogens is 1. The molecule has 0 aromatic heterocycles. The van der Waals surface area contributed by atoms with Crippen LogP contribution in [0, 0.1) is 5.92 Å². The lowest BCUT2D eigenvalue weighted by atomic mass is 9.95. The average Bonchev–Trinajstić information content (AvgIpc) is 2.66. The summed E-state index contributed by atoms with van der Waals surface area (Å²) in [7, 11) is 1.56. The van der Waals surface area contributed by atoms with Crippen molar-refractivity contribution in [1.29, 1.82) is 0 Å². The van der Waals surface area contributed by atoms with Crippen LogP contribution < -0.4 is 10.6 Å². The number of hydrogen-bond donors (Lipinski definition) is 2. The van der Waals surface area contributed by atoms with Crippen LogP contribution >= 0.6 is 15.9 Å². The van der Waals surface area contributed by atoms with Crippen LogP contribution in [0.4, 0.5) is 0 Å². The van der Waals surface area contributed by atoms with Crippen LogP contribution in [0.25, 0.3) is 0 Å². The van der Waals surface area contributed by atoms with E-state index in [4.69, 9.17) is 4.74 Å². The third-order valence-corrected chi connectivity index (χ3v) is 4.82. The summed E-state index contributed by atoms with van der Waals surface area (Å²) in [4.78, 5) is 38.0. The normalized spacial score (nSPS) is 14.8. The lowest BCUT2D eigenvalue weighted by Gasteiger charge is -2.31. The van der Waals surface area contributed by atoms with E-state index >= 15 is 0 Å². The second kappa shape index (κ2) is 10.3. The number of ether oxygens (including phenoxy) is 1. The highest BCUT2D eigenvalue weighted by molar-refractivity contribution is 9.10. The van der Waals surface area contributed by atoms with Crippen LogP contribution in [0.5, 0.6) is 0 Å². The maximum absolute atomic E-state index is 12.5. The first-order chi connectivity index (χ1) is 12.5. The van der Waals surface area contributed by atoms with Crippen molar-refractivity contribution in [3.05, 3.63) is 34.3 Å². The minimum absolute atomic E-state index is 0.0196. The lowest BCUT2D eigenvalue weighted by molar-refractivity contribution is -0.129. The average molecular weight is 426 g/mol. The maximum atomic E-state index is 12.5. The van der Waals surface area contributed by atoms with E-state index in [1.165, 1.54) is 0 Å². The van der Waals surface area contributed by atoms with E-state index in [0.29, 0.717) is 44.6 Å². The van der Waals surface area contributed by atoms with E-state index in [2.05, 4.69) is 26.6 Å². The van der Waals surface area contributed by atoms with Gasteiger partial charge in [-0.3, -0.25) is 14.4 Å². The summed E-state index contributed by atoms with van der Waals surface area (Å²) in [5, 5.41) is 5.31. The molecule has 2 rings (SSSR count). The molecule has 1 aromatic carbocycles. The van der Waals surface area contributed by atoms with Crippen LogP contribution in [0.2, 0.25) is 0 Å². The SMILES string of the molecule is COCCNC(=O)CNC(=O)C1CCN(C(=O)c2ccc(Br)cc2)CC1. The Morgan fingerprint density at radius 1 is 1.15 bits per heavy atom. The topological polar surface area (TPSA) is 87.7 Å². The molecule has 1 saturated heterocycles. The number of carbonyl (C=O) groups is 3. The lowest BCUT2D eigenvalue weighted by Crippen LogP contribution is -2.45. The zero-order valence-electron chi connectivity index (χ0n) is 14.8. The van der Waals surface area contributed by atoms with Gasteiger partial charge in [-0.15, -0.1) is 0 Å². The molecule has 7 nitrogen and oxygen atoms in total. The number of methoxy groups -OCH3 is 1. The quantitative estimate of drug-likeness (QED) is 0.642. The monoisotopic (exact) mass is 425 g/mol. The Labute approximate surface area is 161 Å². The number of rotatable bonds is 7. The van der Waals surface area contributed by atoms with Gasteiger partial charge in [0.25, 0.3) is 5.91 Å². The first kappa shape index (κ1) is 20.4. The zero-order chi connectivity index (χ0) is 18.9. The molecule has 142 valence electrons. The molecular formula is C18H24BrN3O4. The van der Waals surface area contributed by atoms with Gasteiger partial charge in [-0.25, -0.2) is 0 Å². The summed E-state index contributed by atoms with van der Waals surface area (Å²) in [6, 6.07) is 7.25. The van der Waals surface area contributed by atoms with E-state index in [1.54, 1.807) is 24.1 Å². The summed E-state index contributed by atoms with van der Waals surface area (Å²) >= 11 is 3.35. The Kier molecular flexibility index (Phi) is 8.06.